The van der Waals surface area contributed by atoms with E-state index in [2.05, 4.69) is 54.3 Å². The van der Waals surface area contributed by atoms with Crippen LogP contribution in [0.2, 0.25) is 0 Å². The van der Waals surface area contributed by atoms with Crippen molar-refractivity contribution in [3.63, 3.8) is 0 Å². The maximum atomic E-state index is 13.2. The van der Waals surface area contributed by atoms with Crippen molar-refractivity contribution in [1.29, 1.82) is 0 Å². The minimum absolute atomic E-state index is 0.0887. The standard InChI is InChI=1S/C32H31NO2/c1-23(29-18-10-16-24-11-8-9-17-30(24)29)33-27(21-31(34)25-12-4-2-5-13-25)19-20-28(33)22-32(35)26-14-6-3-7-15-26/h2-18,23,27-28H,19-22H2,1H3/t23-,27-,28+/m0/s1. The van der Waals surface area contributed by atoms with E-state index in [-0.39, 0.29) is 29.7 Å². The number of carbonyl (C=O) groups excluding carboxylic acids is 2. The highest BCUT2D eigenvalue weighted by molar-refractivity contribution is 5.97. The van der Waals surface area contributed by atoms with E-state index in [1.54, 1.807) is 0 Å². The van der Waals surface area contributed by atoms with Crippen LogP contribution in [0.1, 0.15) is 64.9 Å². The fraction of sp³-hybridized carbons (Fsp3) is 0.250. The molecule has 4 aromatic carbocycles. The third-order valence-electron chi connectivity index (χ3n) is 7.43. The minimum atomic E-state index is 0.0887. The Balaban J connectivity index is 1.46. The van der Waals surface area contributed by atoms with E-state index in [9.17, 15) is 9.59 Å². The van der Waals surface area contributed by atoms with Gasteiger partial charge in [-0.1, -0.05) is 103 Å². The van der Waals surface area contributed by atoms with E-state index in [1.807, 2.05) is 60.7 Å². The first kappa shape index (κ1) is 23.2. The molecule has 35 heavy (non-hydrogen) atoms. The van der Waals surface area contributed by atoms with E-state index in [0.717, 1.165) is 24.0 Å². The molecule has 1 fully saturated rings. The maximum absolute atomic E-state index is 13.2. The summed E-state index contributed by atoms with van der Waals surface area (Å²) in [4.78, 5) is 28.8. The predicted octanol–water partition coefficient (Wildman–Crippen LogP) is 7.28. The van der Waals surface area contributed by atoms with Gasteiger partial charge in [-0.2, -0.15) is 0 Å². The molecule has 1 aliphatic heterocycles. The van der Waals surface area contributed by atoms with E-state index in [4.69, 9.17) is 0 Å². The summed E-state index contributed by atoms with van der Waals surface area (Å²) >= 11 is 0. The molecule has 0 saturated carbocycles. The molecule has 0 radical (unpaired) electrons. The summed E-state index contributed by atoms with van der Waals surface area (Å²) in [7, 11) is 0. The van der Waals surface area contributed by atoms with Gasteiger partial charge in [0, 0.05) is 42.1 Å². The highest BCUT2D eigenvalue weighted by atomic mass is 16.1. The monoisotopic (exact) mass is 461 g/mol. The number of ketones is 2. The van der Waals surface area contributed by atoms with Crippen LogP contribution in [0.3, 0.4) is 0 Å². The van der Waals surface area contributed by atoms with Crippen LogP contribution in [0.4, 0.5) is 0 Å². The number of carbonyl (C=O) groups is 2. The second-order valence-electron chi connectivity index (χ2n) is 9.56. The largest absolute Gasteiger partial charge is 0.294 e. The van der Waals surface area contributed by atoms with Crippen LogP contribution < -0.4 is 0 Å². The topological polar surface area (TPSA) is 37.4 Å². The molecule has 1 heterocycles. The molecule has 4 aromatic rings. The molecule has 0 amide bonds. The molecule has 3 heteroatoms. The Morgan fingerprint density at radius 3 is 1.74 bits per heavy atom. The highest BCUT2D eigenvalue weighted by Crippen LogP contribution is 2.39. The average molecular weight is 462 g/mol. The second kappa shape index (κ2) is 10.4. The van der Waals surface area contributed by atoms with Gasteiger partial charge in [-0.15, -0.1) is 0 Å². The average Bonchev–Trinajstić information content (AvgIpc) is 3.30. The van der Waals surface area contributed by atoms with E-state index in [1.165, 1.54) is 16.3 Å². The summed E-state index contributed by atoms with van der Waals surface area (Å²) in [6.45, 7) is 2.23. The lowest BCUT2D eigenvalue weighted by Crippen LogP contribution is -2.40. The normalized spacial score (nSPS) is 19.0. The van der Waals surface area contributed by atoms with Gasteiger partial charge in [-0.3, -0.25) is 14.5 Å². The summed E-state index contributed by atoms with van der Waals surface area (Å²) in [6.07, 6.45) is 2.77. The van der Waals surface area contributed by atoms with Crippen LogP contribution in [-0.4, -0.2) is 28.6 Å². The van der Waals surface area contributed by atoms with Gasteiger partial charge in [0.25, 0.3) is 0 Å². The number of hydrogen-bond acceptors (Lipinski definition) is 3. The van der Waals surface area contributed by atoms with Crippen molar-refractivity contribution in [3.8, 4) is 0 Å². The number of Topliss-reactive ketones (excluding diaryl/α,β-unsaturated/α-hetero) is 2. The van der Waals surface area contributed by atoms with Crippen molar-refractivity contribution < 1.29 is 9.59 Å². The van der Waals surface area contributed by atoms with Crippen LogP contribution in [0.25, 0.3) is 10.8 Å². The van der Waals surface area contributed by atoms with Crippen LogP contribution in [0, 0.1) is 0 Å². The van der Waals surface area contributed by atoms with Crippen molar-refractivity contribution in [1.82, 2.24) is 4.90 Å². The van der Waals surface area contributed by atoms with E-state index in [0.29, 0.717) is 12.8 Å². The number of benzene rings is 4. The third kappa shape index (κ3) is 4.96. The molecule has 0 aliphatic carbocycles. The summed E-state index contributed by atoms with van der Waals surface area (Å²) in [5.41, 5.74) is 2.77. The minimum Gasteiger partial charge on any atom is -0.294 e. The molecule has 176 valence electrons. The van der Waals surface area contributed by atoms with Crippen LogP contribution >= 0.6 is 0 Å². The molecule has 1 saturated heterocycles. The Bertz CT molecular complexity index is 1250. The van der Waals surface area contributed by atoms with Crippen molar-refractivity contribution >= 4 is 22.3 Å². The maximum Gasteiger partial charge on any atom is 0.164 e. The second-order valence-corrected chi connectivity index (χ2v) is 9.56. The molecule has 3 atom stereocenters. The molecule has 3 nitrogen and oxygen atoms in total. The van der Waals surface area contributed by atoms with E-state index < -0.39 is 0 Å². The van der Waals surface area contributed by atoms with Gasteiger partial charge in [0.1, 0.15) is 0 Å². The van der Waals surface area contributed by atoms with Crippen molar-refractivity contribution in [3.05, 3.63) is 120 Å². The number of likely N-dealkylation sites (tertiary alicyclic amines) is 1. The van der Waals surface area contributed by atoms with Gasteiger partial charge in [0.15, 0.2) is 11.6 Å². The lowest BCUT2D eigenvalue weighted by atomic mass is 9.95. The molecule has 0 spiro atoms. The van der Waals surface area contributed by atoms with Gasteiger partial charge in [-0.25, -0.2) is 0 Å². The van der Waals surface area contributed by atoms with Crippen molar-refractivity contribution in [2.75, 3.05) is 0 Å². The number of rotatable bonds is 8. The zero-order chi connectivity index (χ0) is 24.2. The molecule has 1 aliphatic rings. The predicted molar refractivity (Wildman–Crippen MR) is 142 cm³/mol. The Kier molecular flexibility index (Phi) is 6.87. The Hall–Kier alpha value is -3.56. The quantitative estimate of drug-likeness (QED) is 0.259. The van der Waals surface area contributed by atoms with Gasteiger partial charge < -0.3 is 0 Å². The van der Waals surface area contributed by atoms with Gasteiger partial charge in [0.2, 0.25) is 0 Å². The Labute approximate surface area is 207 Å². The first-order valence-corrected chi connectivity index (χ1v) is 12.5. The number of hydrogen-bond donors (Lipinski definition) is 0. The Morgan fingerprint density at radius 1 is 0.686 bits per heavy atom. The zero-order valence-electron chi connectivity index (χ0n) is 20.1. The van der Waals surface area contributed by atoms with Crippen molar-refractivity contribution in [2.45, 2.75) is 50.7 Å². The number of fused-ring (bicyclic) bond motifs is 1. The summed E-state index contributed by atoms with van der Waals surface area (Å²) in [5, 5.41) is 2.44. The number of nitrogens with zero attached hydrogens (tertiary/aromatic N) is 1. The van der Waals surface area contributed by atoms with Crippen LogP contribution in [-0.2, 0) is 0 Å². The fourth-order valence-electron chi connectivity index (χ4n) is 5.72. The first-order valence-electron chi connectivity index (χ1n) is 12.5. The molecule has 0 N–H and O–H groups in total. The van der Waals surface area contributed by atoms with Gasteiger partial charge in [-0.05, 0) is 36.1 Å². The van der Waals surface area contributed by atoms with Gasteiger partial charge in [0.05, 0.1) is 0 Å². The van der Waals surface area contributed by atoms with Gasteiger partial charge >= 0.3 is 0 Å². The molecular formula is C32H31NO2. The highest BCUT2D eigenvalue weighted by Gasteiger charge is 2.39. The summed E-state index contributed by atoms with van der Waals surface area (Å²) in [5.74, 6) is 0.335. The third-order valence-corrected chi connectivity index (χ3v) is 7.43. The van der Waals surface area contributed by atoms with Crippen LogP contribution in [0.15, 0.2) is 103 Å². The van der Waals surface area contributed by atoms with E-state index >= 15 is 0 Å². The fourth-order valence-corrected chi connectivity index (χ4v) is 5.72. The zero-order valence-corrected chi connectivity index (χ0v) is 20.1. The summed E-state index contributed by atoms with van der Waals surface area (Å²) in [6, 6.07) is 34.3. The SMILES string of the molecule is C[C@@H](c1cccc2ccccc12)N1[C@@H](CC(=O)c2ccccc2)CC[C@H]1CC(=O)c1ccccc1. The smallest absolute Gasteiger partial charge is 0.164 e. The first-order chi connectivity index (χ1) is 17.1. The molecule has 0 bridgehead atoms. The summed E-state index contributed by atoms with van der Waals surface area (Å²) < 4.78 is 0. The molecule has 0 aromatic heterocycles. The molecule has 5 rings (SSSR count). The Morgan fingerprint density at radius 2 is 1.17 bits per heavy atom. The molecule has 0 unspecified atom stereocenters. The van der Waals surface area contributed by atoms with Crippen molar-refractivity contribution in [2.24, 2.45) is 0 Å². The lowest BCUT2D eigenvalue weighted by Gasteiger charge is -2.36. The van der Waals surface area contributed by atoms with Crippen LogP contribution in [0.5, 0.6) is 0 Å². The molecular weight excluding hydrogens is 430 g/mol. The lowest BCUT2D eigenvalue weighted by molar-refractivity contribution is 0.0816.